The van der Waals surface area contributed by atoms with Gasteiger partial charge in [-0.1, -0.05) is 18.2 Å². The van der Waals surface area contributed by atoms with E-state index in [2.05, 4.69) is 53.2 Å². The molecule has 0 unspecified atom stereocenters. The number of hydrogen-bond acceptors (Lipinski definition) is 2. The zero-order valence-electron chi connectivity index (χ0n) is 9.94. The second-order valence-electron chi connectivity index (χ2n) is 4.76. The Balaban J connectivity index is 1.86. The van der Waals surface area contributed by atoms with Crippen molar-refractivity contribution in [3.8, 4) is 11.1 Å². The van der Waals surface area contributed by atoms with Gasteiger partial charge in [0, 0.05) is 17.8 Å². The molecule has 3 aromatic rings. The second-order valence-corrected chi connectivity index (χ2v) is 5.71. The van der Waals surface area contributed by atoms with Crippen LogP contribution >= 0.6 is 11.3 Å². The molecule has 2 heterocycles. The van der Waals surface area contributed by atoms with Crippen LogP contribution in [0.15, 0.2) is 47.8 Å². The molecule has 1 N–H and O–H groups in total. The number of hydrogen-bond donors (Lipinski definition) is 1. The largest absolute Gasteiger partial charge is 0.309 e. The molecule has 1 aliphatic rings. The van der Waals surface area contributed by atoms with E-state index in [4.69, 9.17) is 0 Å². The molecule has 1 aliphatic heterocycles. The van der Waals surface area contributed by atoms with E-state index in [0.717, 1.165) is 13.1 Å². The van der Waals surface area contributed by atoms with Crippen molar-refractivity contribution < 1.29 is 0 Å². The van der Waals surface area contributed by atoms with Crippen LogP contribution in [-0.4, -0.2) is 0 Å². The van der Waals surface area contributed by atoms with E-state index in [1.54, 1.807) is 11.3 Å². The Labute approximate surface area is 110 Å². The summed E-state index contributed by atoms with van der Waals surface area (Å²) in [7, 11) is 0. The molecule has 0 radical (unpaired) electrons. The summed E-state index contributed by atoms with van der Waals surface area (Å²) in [5.74, 6) is 0. The van der Waals surface area contributed by atoms with Crippen LogP contribution in [0, 0.1) is 0 Å². The van der Waals surface area contributed by atoms with Gasteiger partial charge >= 0.3 is 0 Å². The monoisotopic (exact) mass is 251 g/mol. The topological polar surface area (TPSA) is 12.0 Å². The van der Waals surface area contributed by atoms with Gasteiger partial charge in [-0.3, -0.25) is 0 Å². The van der Waals surface area contributed by atoms with Gasteiger partial charge in [-0.05, 0) is 57.3 Å². The van der Waals surface area contributed by atoms with Crippen molar-refractivity contribution in [3.63, 3.8) is 0 Å². The molecule has 0 fully saturated rings. The number of rotatable bonds is 1. The zero-order chi connectivity index (χ0) is 11.9. The first-order valence-electron chi connectivity index (χ1n) is 6.20. The number of thiophene rings is 1. The average molecular weight is 251 g/mol. The Hall–Kier alpha value is -1.64. The molecule has 0 amide bonds. The van der Waals surface area contributed by atoms with Gasteiger partial charge in [-0.25, -0.2) is 0 Å². The second kappa shape index (κ2) is 3.94. The highest BCUT2D eigenvalue weighted by Gasteiger charge is 2.10. The van der Waals surface area contributed by atoms with Crippen molar-refractivity contribution in [1.29, 1.82) is 0 Å². The molecule has 0 atom stereocenters. The lowest BCUT2D eigenvalue weighted by Crippen LogP contribution is -1.99. The third kappa shape index (κ3) is 1.57. The van der Waals surface area contributed by atoms with Gasteiger partial charge in [0.05, 0.1) is 0 Å². The summed E-state index contributed by atoms with van der Waals surface area (Å²) in [5.41, 5.74) is 5.52. The van der Waals surface area contributed by atoms with E-state index >= 15 is 0 Å². The average Bonchev–Trinajstić information content (AvgIpc) is 3.05. The summed E-state index contributed by atoms with van der Waals surface area (Å²) in [6.45, 7) is 2.02. The van der Waals surface area contributed by atoms with Crippen LogP contribution in [0.25, 0.3) is 21.2 Å². The smallest absolute Gasteiger partial charge is 0.0343 e. The van der Waals surface area contributed by atoms with Crippen LogP contribution in [-0.2, 0) is 13.1 Å². The molecule has 0 spiro atoms. The van der Waals surface area contributed by atoms with Crippen molar-refractivity contribution in [2.45, 2.75) is 13.1 Å². The first kappa shape index (κ1) is 10.3. The standard InChI is InChI=1S/C16H13NS/c1-2-14-9-17-10-15(14)8-11(1)12-3-4-16-13(7-12)5-6-18-16/h1-8,17H,9-10H2. The number of fused-ring (bicyclic) bond motifs is 2. The lowest BCUT2D eigenvalue weighted by atomic mass is 10.00. The van der Waals surface area contributed by atoms with Crippen LogP contribution in [0.5, 0.6) is 0 Å². The SMILES string of the molecule is c1cc2cc(-c3ccc4c(c3)CNC4)ccc2s1. The summed E-state index contributed by atoms with van der Waals surface area (Å²) in [6.07, 6.45) is 0. The molecular weight excluding hydrogens is 238 g/mol. The molecule has 18 heavy (non-hydrogen) atoms. The summed E-state index contributed by atoms with van der Waals surface area (Å²) in [6, 6.07) is 15.7. The molecule has 4 rings (SSSR count). The van der Waals surface area contributed by atoms with Gasteiger partial charge in [0.15, 0.2) is 0 Å². The Bertz CT molecular complexity index is 727. The maximum absolute atomic E-state index is 3.39. The van der Waals surface area contributed by atoms with Crippen LogP contribution in [0.3, 0.4) is 0 Å². The fraction of sp³-hybridized carbons (Fsp3) is 0.125. The fourth-order valence-electron chi connectivity index (χ4n) is 2.62. The maximum Gasteiger partial charge on any atom is 0.0343 e. The molecule has 0 saturated heterocycles. The normalized spacial score (nSPS) is 14.0. The zero-order valence-corrected chi connectivity index (χ0v) is 10.8. The van der Waals surface area contributed by atoms with Gasteiger partial charge in [0.25, 0.3) is 0 Å². The maximum atomic E-state index is 3.39. The van der Waals surface area contributed by atoms with Gasteiger partial charge < -0.3 is 5.32 Å². The van der Waals surface area contributed by atoms with E-state index in [-0.39, 0.29) is 0 Å². The van der Waals surface area contributed by atoms with Crippen LogP contribution in [0.4, 0.5) is 0 Å². The summed E-state index contributed by atoms with van der Waals surface area (Å²) < 4.78 is 1.36. The predicted molar refractivity (Wildman–Crippen MR) is 77.8 cm³/mol. The number of benzene rings is 2. The molecule has 88 valence electrons. The Morgan fingerprint density at radius 1 is 0.833 bits per heavy atom. The van der Waals surface area contributed by atoms with Crippen LogP contribution in [0.1, 0.15) is 11.1 Å². The number of nitrogens with one attached hydrogen (secondary N) is 1. The highest BCUT2D eigenvalue weighted by atomic mass is 32.1. The van der Waals surface area contributed by atoms with Crippen LogP contribution < -0.4 is 5.32 Å². The molecule has 1 aromatic heterocycles. The van der Waals surface area contributed by atoms with E-state index in [0.29, 0.717) is 0 Å². The van der Waals surface area contributed by atoms with Gasteiger partial charge in [0.2, 0.25) is 0 Å². The molecule has 1 nitrogen and oxygen atoms in total. The van der Waals surface area contributed by atoms with Crippen LogP contribution in [0.2, 0.25) is 0 Å². The molecular formula is C16H13NS. The van der Waals surface area contributed by atoms with Crippen molar-refractivity contribution in [2.24, 2.45) is 0 Å². The quantitative estimate of drug-likeness (QED) is 0.684. The summed E-state index contributed by atoms with van der Waals surface area (Å²) >= 11 is 1.80. The van der Waals surface area contributed by atoms with E-state index in [1.165, 1.54) is 32.3 Å². The Kier molecular flexibility index (Phi) is 2.25. The third-order valence-electron chi connectivity index (χ3n) is 3.62. The Morgan fingerprint density at radius 3 is 2.67 bits per heavy atom. The predicted octanol–water partition coefficient (Wildman–Crippen LogP) is 4.17. The van der Waals surface area contributed by atoms with Crippen molar-refractivity contribution in [3.05, 3.63) is 59.0 Å². The first-order chi connectivity index (χ1) is 8.90. The highest BCUT2D eigenvalue weighted by Crippen LogP contribution is 2.29. The molecule has 0 aliphatic carbocycles. The Morgan fingerprint density at radius 2 is 1.67 bits per heavy atom. The molecule has 0 saturated carbocycles. The minimum absolute atomic E-state index is 1.00. The fourth-order valence-corrected chi connectivity index (χ4v) is 3.39. The lowest BCUT2D eigenvalue weighted by Gasteiger charge is -2.05. The summed E-state index contributed by atoms with van der Waals surface area (Å²) in [5, 5.41) is 6.89. The van der Waals surface area contributed by atoms with E-state index in [9.17, 15) is 0 Å². The lowest BCUT2D eigenvalue weighted by molar-refractivity contribution is 0.765. The molecule has 2 aromatic carbocycles. The van der Waals surface area contributed by atoms with E-state index in [1.807, 2.05) is 0 Å². The van der Waals surface area contributed by atoms with Crippen molar-refractivity contribution in [2.75, 3.05) is 0 Å². The minimum atomic E-state index is 1.00. The molecule has 2 heteroatoms. The molecule has 0 bridgehead atoms. The highest BCUT2D eigenvalue weighted by molar-refractivity contribution is 7.17. The van der Waals surface area contributed by atoms with E-state index < -0.39 is 0 Å². The van der Waals surface area contributed by atoms with Crippen molar-refractivity contribution >= 4 is 21.4 Å². The van der Waals surface area contributed by atoms with Gasteiger partial charge in [-0.2, -0.15) is 0 Å². The summed E-state index contributed by atoms with van der Waals surface area (Å²) in [4.78, 5) is 0. The minimum Gasteiger partial charge on any atom is -0.309 e. The third-order valence-corrected chi connectivity index (χ3v) is 4.52. The van der Waals surface area contributed by atoms with Crippen molar-refractivity contribution in [1.82, 2.24) is 5.32 Å². The first-order valence-corrected chi connectivity index (χ1v) is 7.08. The van der Waals surface area contributed by atoms with Gasteiger partial charge in [0.1, 0.15) is 0 Å². The van der Waals surface area contributed by atoms with Gasteiger partial charge in [-0.15, -0.1) is 11.3 Å².